The molecule has 7 nitrogen and oxygen atoms in total. The highest BCUT2D eigenvalue weighted by Gasteiger charge is 2.20. The third-order valence-electron chi connectivity index (χ3n) is 3.25. The lowest BCUT2D eigenvalue weighted by Gasteiger charge is -2.11. The molecule has 19 heavy (non-hydrogen) atoms. The molecule has 7 heteroatoms. The second-order valence-corrected chi connectivity index (χ2v) is 4.67. The summed E-state index contributed by atoms with van der Waals surface area (Å²) >= 11 is 0. The third kappa shape index (κ3) is 2.37. The number of ether oxygens (including phenoxy) is 1. The minimum Gasteiger partial charge on any atom is -0.399 e. The van der Waals surface area contributed by atoms with E-state index in [1.54, 1.807) is 16.8 Å². The second kappa shape index (κ2) is 4.85. The van der Waals surface area contributed by atoms with Crippen LogP contribution in [-0.4, -0.2) is 32.9 Å². The lowest BCUT2D eigenvalue weighted by atomic mass is 10.1. The fourth-order valence-electron chi connectivity index (χ4n) is 2.29. The van der Waals surface area contributed by atoms with Crippen molar-refractivity contribution in [3.63, 3.8) is 0 Å². The predicted octanol–water partition coefficient (Wildman–Crippen LogP) is 0.683. The van der Waals surface area contributed by atoms with Gasteiger partial charge in [-0.1, -0.05) is 0 Å². The summed E-state index contributed by atoms with van der Waals surface area (Å²) in [6.07, 6.45) is 2.31. The number of tetrazole rings is 1. The Bertz CT molecular complexity index is 575. The van der Waals surface area contributed by atoms with Crippen LogP contribution in [-0.2, 0) is 11.3 Å². The van der Waals surface area contributed by atoms with Gasteiger partial charge >= 0.3 is 0 Å². The average Bonchev–Trinajstić information content (AvgIpc) is 3.02. The summed E-state index contributed by atoms with van der Waals surface area (Å²) in [5.41, 5.74) is 13.6. The predicted molar refractivity (Wildman–Crippen MR) is 71.1 cm³/mol. The first-order valence-corrected chi connectivity index (χ1v) is 6.27. The van der Waals surface area contributed by atoms with Crippen LogP contribution < -0.4 is 11.5 Å². The molecule has 1 aromatic carbocycles. The minimum atomic E-state index is 0.178. The van der Waals surface area contributed by atoms with Crippen LogP contribution in [0.3, 0.4) is 0 Å². The van der Waals surface area contributed by atoms with Crippen molar-refractivity contribution in [2.75, 3.05) is 18.1 Å². The maximum atomic E-state index is 5.97. The highest BCUT2D eigenvalue weighted by atomic mass is 16.5. The minimum absolute atomic E-state index is 0.178. The summed E-state index contributed by atoms with van der Waals surface area (Å²) in [6, 6.07) is 5.33. The third-order valence-corrected chi connectivity index (χ3v) is 3.25. The van der Waals surface area contributed by atoms with Gasteiger partial charge in [0.25, 0.3) is 0 Å². The molecule has 1 aliphatic heterocycles. The van der Waals surface area contributed by atoms with E-state index in [1.165, 1.54) is 0 Å². The van der Waals surface area contributed by atoms with Gasteiger partial charge in [-0.3, -0.25) is 0 Å². The van der Waals surface area contributed by atoms with Crippen molar-refractivity contribution in [1.82, 2.24) is 20.2 Å². The highest BCUT2D eigenvalue weighted by molar-refractivity contribution is 5.74. The normalized spacial score (nSPS) is 18.8. The number of hydrogen-bond acceptors (Lipinski definition) is 6. The van der Waals surface area contributed by atoms with Crippen molar-refractivity contribution in [1.29, 1.82) is 0 Å². The Morgan fingerprint density at radius 2 is 2.26 bits per heavy atom. The van der Waals surface area contributed by atoms with Crippen molar-refractivity contribution in [2.24, 2.45) is 0 Å². The Morgan fingerprint density at radius 3 is 3.00 bits per heavy atom. The molecule has 2 heterocycles. The zero-order chi connectivity index (χ0) is 13.2. The van der Waals surface area contributed by atoms with Crippen LogP contribution in [0, 0.1) is 0 Å². The van der Waals surface area contributed by atoms with E-state index in [0.29, 0.717) is 23.7 Å². The van der Waals surface area contributed by atoms with E-state index in [2.05, 4.69) is 15.5 Å². The first kappa shape index (κ1) is 11.9. The van der Waals surface area contributed by atoms with Crippen LogP contribution in [0.25, 0.3) is 11.4 Å². The van der Waals surface area contributed by atoms with Gasteiger partial charge in [0.2, 0.25) is 0 Å². The molecule has 1 saturated heterocycles. The lowest BCUT2D eigenvalue weighted by molar-refractivity contribution is 0.0939. The first-order chi connectivity index (χ1) is 9.24. The molecule has 1 unspecified atom stereocenters. The average molecular weight is 260 g/mol. The molecular weight excluding hydrogens is 244 g/mol. The summed E-state index contributed by atoms with van der Waals surface area (Å²) in [5.74, 6) is 0.646. The molecule has 4 N–H and O–H groups in total. The van der Waals surface area contributed by atoms with Crippen LogP contribution in [0.5, 0.6) is 0 Å². The number of nitrogens with two attached hydrogens (primary N) is 2. The molecule has 0 aliphatic carbocycles. The molecule has 3 rings (SSSR count). The smallest absolute Gasteiger partial charge is 0.184 e. The van der Waals surface area contributed by atoms with Gasteiger partial charge in [0.15, 0.2) is 5.82 Å². The van der Waals surface area contributed by atoms with Gasteiger partial charge in [0.1, 0.15) is 0 Å². The number of benzene rings is 1. The second-order valence-electron chi connectivity index (χ2n) is 4.67. The number of hydrogen-bond donors (Lipinski definition) is 2. The summed E-state index contributed by atoms with van der Waals surface area (Å²) < 4.78 is 7.33. The van der Waals surface area contributed by atoms with Crippen molar-refractivity contribution < 1.29 is 4.74 Å². The molecule has 2 aromatic rings. The number of aromatic nitrogens is 4. The van der Waals surface area contributed by atoms with Gasteiger partial charge in [0, 0.05) is 23.5 Å². The maximum absolute atomic E-state index is 5.97. The van der Waals surface area contributed by atoms with Crippen LogP contribution in [0.2, 0.25) is 0 Å². The molecule has 0 radical (unpaired) electrons. The van der Waals surface area contributed by atoms with E-state index in [-0.39, 0.29) is 6.10 Å². The van der Waals surface area contributed by atoms with E-state index < -0.39 is 0 Å². The Labute approximate surface area is 110 Å². The van der Waals surface area contributed by atoms with E-state index in [9.17, 15) is 0 Å². The number of rotatable bonds is 3. The summed E-state index contributed by atoms with van der Waals surface area (Å²) in [5, 5.41) is 11.8. The van der Waals surface area contributed by atoms with Gasteiger partial charge in [-0.2, -0.15) is 0 Å². The first-order valence-electron chi connectivity index (χ1n) is 6.27. The van der Waals surface area contributed by atoms with Crippen LogP contribution >= 0.6 is 0 Å². The molecular formula is C12H16N6O. The van der Waals surface area contributed by atoms with Crippen molar-refractivity contribution in [3.8, 4) is 11.4 Å². The summed E-state index contributed by atoms with van der Waals surface area (Å²) in [4.78, 5) is 0. The van der Waals surface area contributed by atoms with Crippen molar-refractivity contribution in [2.45, 2.75) is 25.5 Å². The Hall–Kier alpha value is -2.15. The summed E-state index contributed by atoms with van der Waals surface area (Å²) in [7, 11) is 0. The zero-order valence-electron chi connectivity index (χ0n) is 10.5. The molecule has 0 saturated carbocycles. The van der Waals surface area contributed by atoms with Crippen LogP contribution in [0.4, 0.5) is 11.4 Å². The van der Waals surface area contributed by atoms with E-state index >= 15 is 0 Å². The van der Waals surface area contributed by atoms with Crippen molar-refractivity contribution in [3.05, 3.63) is 18.2 Å². The molecule has 1 fully saturated rings. The Kier molecular flexibility index (Phi) is 3.04. The van der Waals surface area contributed by atoms with Crippen LogP contribution in [0.15, 0.2) is 18.2 Å². The Balaban J connectivity index is 1.90. The molecule has 1 atom stereocenters. The SMILES string of the molecule is Nc1ccc(-c2nnnn2CC2CCCO2)c(N)c1. The standard InChI is InChI=1S/C12H16N6O/c13-8-3-4-10(11(14)6-8)12-15-16-17-18(12)7-9-2-1-5-19-9/h3-4,6,9H,1-2,5,7,13-14H2. The fraction of sp³-hybridized carbons (Fsp3) is 0.417. The zero-order valence-corrected chi connectivity index (χ0v) is 10.5. The highest BCUT2D eigenvalue weighted by Crippen LogP contribution is 2.26. The molecule has 100 valence electrons. The van der Waals surface area contributed by atoms with Gasteiger partial charge in [-0.15, -0.1) is 5.10 Å². The van der Waals surface area contributed by atoms with E-state index in [0.717, 1.165) is 25.0 Å². The molecule has 1 aromatic heterocycles. The summed E-state index contributed by atoms with van der Waals surface area (Å²) in [6.45, 7) is 1.46. The van der Waals surface area contributed by atoms with Gasteiger partial charge < -0.3 is 16.2 Å². The molecule has 0 spiro atoms. The van der Waals surface area contributed by atoms with E-state index in [1.807, 2.05) is 6.07 Å². The van der Waals surface area contributed by atoms with Crippen LogP contribution in [0.1, 0.15) is 12.8 Å². The number of nitrogen functional groups attached to an aromatic ring is 2. The van der Waals surface area contributed by atoms with Gasteiger partial charge in [0.05, 0.1) is 12.6 Å². The molecule has 1 aliphatic rings. The monoisotopic (exact) mass is 260 g/mol. The largest absolute Gasteiger partial charge is 0.399 e. The Morgan fingerprint density at radius 1 is 1.37 bits per heavy atom. The van der Waals surface area contributed by atoms with Gasteiger partial charge in [-0.05, 0) is 41.5 Å². The van der Waals surface area contributed by atoms with E-state index in [4.69, 9.17) is 16.2 Å². The van der Waals surface area contributed by atoms with Crippen molar-refractivity contribution >= 4 is 11.4 Å². The topological polar surface area (TPSA) is 105 Å². The van der Waals surface area contributed by atoms with Gasteiger partial charge in [-0.25, -0.2) is 4.68 Å². The number of anilines is 2. The molecule has 0 amide bonds. The fourth-order valence-corrected chi connectivity index (χ4v) is 2.29. The number of nitrogens with zero attached hydrogens (tertiary/aromatic N) is 4. The molecule has 0 bridgehead atoms. The quantitative estimate of drug-likeness (QED) is 0.786. The maximum Gasteiger partial charge on any atom is 0.184 e. The lowest BCUT2D eigenvalue weighted by Crippen LogP contribution is -2.17.